The topological polar surface area (TPSA) is 107 Å². The van der Waals surface area contributed by atoms with Crippen molar-refractivity contribution < 1.29 is 28.2 Å². The average molecular weight is 580 g/mol. The number of hydrogen-bond donors (Lipinski definition) is 2. The maximum Gasteiger partial charge on any atom is 0.407 e. The summed E-state index contributed by atoms with van der Waals surface area (Å²) in [5.74, 6) is -0.0969. The Labute approximate surface area is 245 Å². The summed E-state index contributed by atoms with van der Waals surface area (Å²) in [5.41, 5.74) is 1.99. The summed E-state index contributed by atoms with van der Waals surface area (Å²) in [5, 5.41) is 6.35. The third-order valence-electron chi connectivity index (χ3n) is 8.08. The fraction of sp³-hybridized carbons (Fsp3) is 0.452. The predicted octanol–water partition coefficient (Wildman–Crippen LogP) is 4.42. The van der Waals surface area contributed by atoms with E-state index in [9.17, 15) is 14.0 Å². The van der Waals surface area contributed by atoms with Crippen LogP contribution in [0.2, 0.25) is 0 Å². The van der Waals surface area contributed by atoms with E-state index in [1.807, 2.05) is 35.2 Å². The van der Waals surface area contributed by atoms with Crippen LogP contribution < -0.4 is 20.1 Å². The van der Waals surface area contributed by atoms with Gasteiger partial charge in [-0.2, -0.15) is 0 Å². The van der Waals surface area contributed by atoms with Gasteiger partial charge in [0.05, 0.1) is 44.9 Å². The Morgan fingerprint density at radius 1 is 1.12 bits per heavy atom. The molecule has 42 heavy (non-hydrogen) atoms. The van der Waals surface area contributed by atoms with Gasteiger partial charge in [0.15, 0.2) is 17.3 Å². The molecule has 1 aromatic heterocycles. The molecule has 2 N–H and O–H groups in total. The number of halogens is 1. The summed E-state index contributed by atoms with van der Waals surface area (Å²) in [6, 6.07) is 13.9. The smallest absolute Gasteiger partial charge is 0.407 e. The highest BCUT2D eigenvalue weighted by atomic mass is 19.1. The lowest BCUT2D eigenvalue weighted by Gasteiger charge is -2.36. The van der Waals surface area contributed by atoms with Crippen molar-refractivity contribution in [1.82, 2.24) is 25.1 Å². The number of nitrogens with one attached hydrogen (secondary N) is 2. The first-order valence-electron chi connectivity index (χ1n) is 14.4. The second-order valence-corrected chi connectivity index (χ2v) is 10.6. The molecule has 2 heterocycles. The Bertz CT molecular complexity index is 1370. The minimum Gasteiger partial charge on any atom is -0.497 e. The van der Waals surface area contributed by atoms with Gasteiger partial charge in [-0.15, -0.1) is 0 Å². The van der Waals surface area contributed by atoms with Crippen LogP contribution in [-0.4, -0.2) is 79.0 Å². The summed E-state index contributed by atoms with van der Waals surface area (Å²) < 4.78 is 32.1. The number of alkyl carbamates (subject to hydrolysis) is 1. The summed E-state index contributed by atoms with van der Waals surface area (Å²) in [7, 11) is 2.84. The molecule has 2 amide bonds. The molecule has 2 fully saturated rings. The van der Waals surface area contributed by atoms with E-state index in [1.165, 1.54) is 20.3 Å². The van der Waals surface area contributed by atoms with E-state index in [2.05, 4.69) is 20.2 Å². The molecule has 1 aliphatic heterocycles. The number of ether oxygens (including phenoxy) is 3. The minimum atomic E-state index is -0.496. The zero-order valence-electron chi connectivity index (χ0n) is 24.1. The van der Waals surface area contributed by atoms with E-state index in [0.717, 1.165) is 36.9 Å². The molecule has 0 bridgehead atoms. The first kappa shape index (κ1) is 29.4. The van der Waals surface area contributed by atoms with Gasteiger partial charge in [-0.1, -0.05) is 43.2 Å². The molecule has 5 rings (SSSR count). The van der Waals surface area contributed by atoms with Crippen molar-refractivity contribution in [1.29, 1.82) is 0 Å². The number of imidazole rings is 1. The number of amides is 2. The van der Waals surface area contributed by atoms with E-state index >= 15 is 0 Å². The van der Waals surface area contributed by atoms with E-state index in [4.69, 9.17) is 14.2 Å². The third kappa shape index (κ3) is 6.51. The Morgan fingerprint density at radius 3 is 2.69 bits per heavy atom. The van der Waals surface area contributed by atoms with Crippen LogP contribution in [-0.2, 0) is 4.74 Å². The lowest BCUT2D eigenvalue weighted by molar-refractivity contribution is 0.0600. The average Bonchev–Trinajstić information content (AvgIpc) is 3.47. The largest absolute Gasteiger partial charge is 0.497 e. The van der Waals surface area contributed by atoms with Gasteiger partial charge in [0.25, 0.3) is 5.91 Å². The second-order valence-electron chi connectivity index (χ2n) is 10.6. The summed E-state index contributed by atoms with van der Waals surface area (Å²) in [4.78, 5) is 32.8. The Hall–Kier alpha value is -4.12. The zero-order chi connectivity index (χ0) is 29.5. The van der Waals surface area contributed by atoms with Gasteiger partial charge in [0.1, 0.15) is 5.75 Å². The van der Waals surface area contributed by atoms with Gasteiger partial charge in [-0.05, 0) is 25.0 Å². The van der Waals surface area contributed by atoms with Crippen molar-refractivity contribution in [2.45, 2.75) is 50.2 Å². The molecule has 1 saturated carbocycles. The minimum absolute atomic E-state index is 0.0753. The molecule has 2 aliphatic rings. The molecular weight excluding hydrogens is 541 g/mol. The number of nitrogens with zero attached hydrogens (tertiary/aromatic N) is 3. The monoisotopic (exact) mass is 579 g/mol. The maximum atomic E-state index is 14.4. The molecule has 0 spiro atoms. The molecule has 10 nitrogen and oxygen atoms in total. The third-order valence-corrected chi connectivity index (χ3v) is 8.08. The first-order valence-corrected chi connectivity index (χ1v) is 14.4. The molecule has 3 aromatic rings. The molecule has 224 valence electrons. The van der Waals surface area contributed by atoms with Crippen molar-refractivity contribution >= 4 is 12.0 Å². The van der Waals surface area contributed by atoms with Crippen molar-refractivity contribution in [3.05, 3.63) is 66.4 Å². The van der Waals surface area contributed by atoms with E-state index in [-0.39, 0.29) is 36.4 Å². The fourth-order valence-corrected chi connectivity index (χ4v) is 5.93. The highest BCUT2D eigenvalue weighted by Crippen LogP contribution is 2.35. The van der Waals surface area contributed by atoms with Crippen LogP contribution in [0.25, 0.3) is 11.3 Å². The molecule has 1 aliphatic carbocycles. The van der Waals surface area contributed by atoms with Crippen LogP contribution in [0.5, 0.6) is 11.5 Å². The summed E-state index contributed by atoms with van der Waals surface area (Å²) in [6.45, 7) is 2.00. The highest BCUT2D eigenvalue weighted by molar-refractivity contribution is 5.98. The number of aromatic nitrogens is 2. The number of methoxy groups -OCH3 is 2. The van der Waals surface area contributed by atoms with Gasteiger partial charge < -0.3 is 34.3 Å². The zero-order valence-corrected chi connectivity index (χ0v) is 24.1. The number of piperazine rings is 1. The van der Waals surface area contributed by atoms with Crippen LogP contribution in [0.1, 0.15) is 48.6 Å². The van der Waals surface area contributed by atoms with Crippen molar-refractivity contribution in [3.8, 4) is 22.8 Å². The normalized spacial score (nSPS) is 20.5. The molecule has 3 atom stereocenters. The summed E-state index contributed by atoms with van der Waals surface area (Å²) in [6.07, 6.45) is 5.43. The molecule has 1 saturated heterocycles. The van der Waals surface area contributed by atoms with Gasteiger partial charge in [0.2, 0.25) is 0 Å². The number of rotatable bonds is 9. The van der Waals surface area contributed by atoms with Crippen molar-refractivity contribution in [3.63, 3.8) is 0 Å². The van der Waals surface area contributed by atoms with E-state index in [1.54, 1.807) is 18.5 Å². The van der Waals surface area contributed by atoms with Gasteiger partial charge in [-0.3, -0.25) is 4.79 Å². The number of carbonyl (C=O) groups is 2. The van der Waals surface area contributed by atoms with Crippen LogP contribution in [0, 0.1) is 5.82 Å². The number of hydrogen-bond acceptors (Lipinski definition) is 7. The quantitative estimate of drug-likeness (QED) is 0.387. The van der Waals surface area contributed by atoms with E-state index in [0.29, 0.717) is 37.5 Å². The van der Waals surface area contributed by atoms with Crippen LogP contribution in [0.4, 0.5) is 9.18 Å². The molecule has 0 unspecified atom stereocenters. The molecule has 2 aromatic carbocycles. The van der Waals surface area contributed by atoms with Gasteiger partial charge in [-0.25, -0.2) is 14.2 Å². The Kier molecular flexibility index (Phi) is 9.58. The molecule has 11 heteroatoms. The van der Waals surface area contributed by atoms with Crippen LogP contribution >= 0.6 is 0 Å². The number of carbonyl (C=O) groups excluding carboxylic acids is 2. The Morgan fingerprint density at radius 2 is 1.93 bits per heavy atom. The maximum absolute atomic E-state index is 14.4. The summed E-state index contributed by atoms with van der Waals surface area (Å²) >= 11 is 0. The van der Waals surface area contributed by atoms with Crippen LogP contribution in [0.3, 0.4) is 0 Å². The Balaban J connectivity index is 1.39. The number of benzene rings is 2. The lowest BCUT2D eigenvalue weighted by atomic mass is 9.89. The van der Waals surface area contributed by atoms with Crippen molar-refractivity contribution in [2.75, 3.05) is 40.5 Å². The van der Waals surface area contributed by atoms with Crippen molar-refractivity contribution in [2.24, 2.45) is 0 Å². The fourth-order valence-electron chi connectivity index (χ4n) is 5.93. The van der Waals surface area contributed by atoms with Crippen LogP contribution in [0.15, 0.2) is 54.9 Å². The van der Waals surface area contributed by atoms with E-state index < -0.39 is 11.9 Å². The standard InChI is InChI=1S/C31H38FN5O5/c1-40-23-12-13-27(24(32)18-23)42-17-14-22-19-33-15-16-36(22)30(38)28-29(21-8-4-3-5-9-21)37(20-34-28)26-11-7-6-10-25(26)35-31(39)41-2/h3-5,8-9,12-13,18,20,22,25-26,33H,6-7,10-11,14-17,19H2,1-2H3,(H,35,39)/t22-,25+,26+/m1/s1. The first-order chi connectivity index (χ1) is 20.5. The molecular formula is C31H38FN5O5. The highest BCUT2D eigenvalue weighted by Gasteiger charge is 2.35. The lowest BCUT2D eigenvalue weighted by Crippen LogP contribution is -2.54. The van der Waals surface area contributed by atoms with Gasteiger partial charge >= 0.3 is 6.09 Å². The SMILES string of the molecule is COC(=O)N[C@H]1CCCC[C@@H]1n1cnc(C(=O)N2CCNC[C@H]2CCOc2ccc(OC)cc2F)c1-c1ccccc1. The predicted molar refractivity (Wildman–Crippen MR) is 155 cm³/mol. The van der Waals surface area contributed by atoms with Gasteiger partial charge in [0, 0.05) is 43.7 Å². The second kappa shape index (κ2) is 13.7. The molecule has 0 radical (unpaired) electrons.